The number of methoxy groups -OCH3 is 1. The summed E-state index contributed by atoms with van der Waals surface area (Å²) in [6, 6.07) is 5.84. The van der Waals surface area contributed by atoms with Crippen molar-refractivity contribution in [2.45, 2.75) is 26.8 Å². The SMILES string of the molecule is COc1ccc(CN(C)CCC(C)C)cc1C(=N)N. The maximum atomic E-state index is 7.58. The van der Waals surface area contributed by atoms with Crippen molar-refractivity contribution < 1.29 is 4.74 Å². The Hall–Kier alpha value is -1.55. The first kappa shape index (κ1) is 15.5. The molecule has 1 aromatic rings. The van der Waals surface area contributed by atoms with E-state index in [9.17, 15) is 0 Å². The van der Waals surface area contributed by atoms with Crippen LogP contribution in [0.15, 0.2) is 18.2 Å². The molecule has 3 N–H and O–H groups in total. The number of nitrogen functional groups attached to an aromatic ring is 1. The van der Waals surface area contributed by atoms with E-state index in [1.807, 2.05) is 18.2 Å². The minimum Gasteiger partial charge on any atom is -0.496 e. The smallest absolute Gasteiger partial charge is 0.129 e. The predicted octanol–water partition coefficient (Wildman–Crippen LogP) is 2.46. The lowest BCUT2D eigenvalue weighted by Crippen LogP contribution is -2.21. The molecule has 0 spiro atoms. The van der Waals surface area contributed by atoms with Gasteiger partial charge in [-0.05, 0) is 43.6 Å². The molecule has 0 aliphatic heterocycles. The molecule has 0 heterocycles. The molecule has 4 nitrogen and oxygen atoms in total. The van der Waals surface area contributed by atoms with Gasteiger partial charge >= 0.3 is 0 Å². The van der Waals surface area contributed by atoms with Crippen LogP contribution in [0, 0.1) is 11.3 Å². The number of benzene rings is 1. The first-order chi connectivity index (χ1) is 8.93. The van der Waals surface area contributed by atoms with Gasteiger partial charge in [-0.25, -0.2) is 0 Å². The van der Waals surface area contributed by atoms with E-state index >= 15 is 0 Å². The molecule has 0 aliphatic rings. The van der Waals surface area contributed by atoms with Gasteiger partial charge in [0.1, 0.15) is 11.6 Å². The van der Waals surface area contributed by atoms with Crippen LogP contribution in [0.5, 0.6) is 5.75 Å². The van der Waals surface area contributed by atoms with Crippen LogP contribution in [-0.4, -0.2) is 31.4 Å². The minimum absolute atomic E-state index is 0.0449. The van der Waals surface area contributed by atoms with Crippen LogP contribution in [0.1, 0.15) is 31.4 Å². The molecule has 0 aliphatic carbocycles. The molecule has 0 radical (unpaired) electrons. The topological polar surface area (TPSA) is 62.3 Å². The normalized spacial score (nSPS) is 11.1. The minimum atomic E-state index is 0.0449. The van der Waals surface area contributed by atoms with Gasteiger partial charge in [-0.2, -0.15) is 0 Å². The molecule has 0 saturated heterocycles. The van der Waals surface area contributed by atoms with Gasteiger partial charge in [-0.3, -0.25) is 5.41 Å². The lowest BCUT2D eigenvalue weighted by Gasteiger charge is -2.18. The van der Waals surface area contributed by atoms with Crippen molar-refractivity contribution in [2.24, 2.45) is 11.7 Å². The fourth-order valence-corrected chi connectivity index (χ4v) is 1.93. The fraction of sp³-hybridized carbons (Fsp3) is 0.533. The quantitative estimate of drug-likeness (QED) is 0.587. The second-order valence-corrected chi connectivity index (χ2v) is 5.37. The number of amidine groups is 1. The summed E-state index contributed by atoms with van der Waals surface area (Å²) in [6.45, 7) is 6.39. The Balaban J connectivity index is 2.74. The molecule has 0 amide bonds. The third kappa shape index (κ3) is 4.91. The predicted molar refractivity (Wildman–Crippen MR) is 79.8 cm³/mol. The van der Waals surface area contributed by atoms with Gasteiger partial charge in [0.15, 0.2) is 0 Å². The number of hydrogen-bond donors (Lipinski definition) is 2. The molecule has 0 aromatic heterocycles. The Morgan fingerprint density at radius 1 is 1.42 bits per heavy atom. The first-order valence-electron chi connectivity index (χ1n) is 6.64. The zero-order chi connectivity index (χ0) is 14.4. The summed E-state index contributed by atoms with van der Waals surface area (Å²) in [5.41, 5.74) is 7.39. The Morgan fingerprint density at radius 2 is 2.11 bits per heavy atom. The van der Waals surface area contributed by atoms with Crippen molar-refractivity contribution in [2.75, 3.05) is 20.7 Å². The Bertz CT molecular complexity index is 429. The monoisotopic (exact) mass is 263 g/mol. The van der Waals surface area contributed by atoms with E-state index in [4.69, 9.17) is 15.9 Å². The number of nitrogens with two attached hydrogens (primary N) is 1. The largest absolute Gasteiger partial charge is 0.496 e. The first-order valence-corrected chi connectivity index (χ1v) is 6.64. The van der Waals surface area contributed by atoms with Crippen LogP contribution < -0.4 is 10.5 Å². The maximum absolute atomic E-state index is 7.58. The molecule has 19 heavy (non-hydrogen) atoms. The summed E-state index contributed by atoms with van der Waals surface area (Å²) in [5, 5.41) is 7.58. The Morgan fingerprint density at radius 3 is 2.63 bits per heavy atom. The van der Waals surface area contributed by atoms with Gasteiger partial charge in [0.25, 0.3) is 0 Å². The van der Waals surface area contributed by atoms with Crippen molar-refractivity contribution in [3.8, 4) is 5.75 Å². The zero-order valence-electron chi connectivity index (χ0n) is 12.4. The third-order valence-electron chi connectivity index (χ3n) is 3.09. The van der Waals surface area contributed by atoms with Crippen molar-refractivity contribution in [1.29, 1.82) is 5.41 Å². The average Bonchev–Trinajstić information content (AvgIpc) is 2.36. The number of rotatable bonds is 7. The van der Waals surface area contributed by atoms with E-state index in [2.05, 4.69) is 25.8 Å². The molecule has 0 atom stereocenters. The summed E-state index contributed by atoms with van der Waals surface area (Å²) >= 11 is 0. The van der Waals surface area contributed by atoms with Crippen molar-refractivity contribution >= 4 is 5.84 Å². The van der Waals surface area contributed by atoms with Crippen LogP contribution >= 0.6 is 0 Å². The summed E-state index contributed by atoms with van der Waals surface area (Å²) in [5.74, 6) is 1.41. The van der Waals surface area contributed by atoms with E-state index in [-0.39, 0.29) is 5.84 Å². The van der Waals surface area contributed by atoms with E-state index in [0.717, 1.165) is 18.7 Å². The highest BCUT2D eigenvalue weighted by Gasteiger charge is 2.09. The summed E-state index contributed by atoms with van der Waals surface area (Å²) in [6.07, 6.45) is 1.19. The summed E-state index contributed by atoms with van der Waals surface area (Å²) in [7, 11) is 3.70. The van der Waals surface area contributed by atoms with Gasteiger partial charge in [0.2, 0.25) is 0 Å². The maximum Gasteiger partial charge on any atom is 0.129 e. The lowest BCUT2D eigenvalue weighted by atomic mass is 10.1. The van der Waals surface area contributed by atoms with Crippen LogP contribution in [-0.2, 0) is 6.54 Å². The van der Waals surface area contributed by atoms with Crippen LogP contribution in [0.25, 0.3) is 0 Å². The van der Waals surface area contributed by atoms with Crippen LogP contribution in [0.3, 0.4) is 0 Å². The van der Waals surface area contributed by atoms with Gasteiger partial charge in [-0.1, -0.05) is 19.9 Å². The molecule has 0 saturated carbocycles. The molecule has 0 unspecified atom stereocenters. The second kappa shape index (κ2) is 7.14. The van der Waals surface area contributed by atoms with E-state index in [1.165, 1.54) is 6.42 Å². The van der Waals surface area contributed by atoms with Crippen LogP contribution in [0.2, 0.25) is 0 Å². The summed E-state index contributed by atoms with van der Waals surface area (Å²) < 4.78 is 5.21. The highest BCUT2D eigenvalue weighted by Crippen LogP contribution is 2.20. The van der Waals surface area contributed by atoms with Gasteiger partial charge in [-0.15, -0.1) is 0 Å². The van der Waals surface area contributed by atoms with Gasteiger partial charge in [0.05, 0.1) is 12.7 Å². The molecule has 1 rings (SSSR count). The molecule has 1 aromatic carbocycles. The van der Waals surface area contributed by atoms with Crippen molar-refractivity contribution in [1.82, 2.24) is 4.90 Å². The highest BCUT2D eigenvalue weighted by molar-refractivity contribution is 5.97. The highest BCUT2D eigenvalue weighted by atomic mass is 16.5. The third-order valence-corrected chi connectivity index (χ3v) is 3.09. The molecule has 0 fully saturated rings. The van der Waals surface area contributed by atoms with Gasteiger partial charge < -0.3 is 15.4 Å². The number of nitrogens with one attached hydrogen (secondary N) is 1. The van der Waals surface area contributed by atoms with Crippen LogP contribution in [0.4, 0.5) is 0 Å². The van der Waals surface area contributed by atoms with E-state index in [1.54, 1.807) is 7.11 Å². The number of hydrogen-bond acceptors (Lipinski definition) is 3. The number of nitrogens with zero attached hydrogens (tertiary/aromatic N) is 1. The molecule has 106 valence electrons. The molecule has 0 bridgehead atoms. The lowest BCUT2D eigenvalue weighted by molar-refractivity contribution is 0.303. The summed E-state index contributed by atoms with van der Waals surface area (Å²) in [4.78, 5) is 2.28. The van der Waals surface area contributed by atoms with Gasteiger partial charge in [0, 0.05) is 6.54 Å². The zero-order valence-corrected chi connectivity index (χ0v) is 12.4. The Kier molecular flexibility index (Phi) is 5.83. The average molecular weight is 263 g/mol. The van der Waals surface area contributed by atoms with Crippen molar-refractivity contribution in [3.05, 3.63) is 29.3 Å². The van der Waals surface area contributed by atoms with E-state index < -0.39 is 0 Å². The van der Waals surface area contributed by atoms with Crippen molar-refractivity contribution in [3.63, 3.8) is 0 Å². The molecular weight excluding hydrogens is 238 g/mol. The second-order valence-electron chi connectivity index (χ2n) is 5.37. The Labute approximate surface area is 116 Å². The fourth-order valence-electron chi connectivity index (χ4n) is 1.93. The molecular formula is C15H25N3O. The van der Waals surface area contributed by atoms with E-state index in [0.29, 0.717) is 17.2 Å². The molecule has 4 heteroatoms. The number of ether oxygens (including phenoxy) is 1. The standard InChI is InChI=1S/C15H25N3O/c1-11(2)7-8-18(3)10-12-5-6-14(19-4)13(9-12)15(16)17/h5-6,9,11H,7-8,10H2,1-4H3,(H3,16,17).